The van der Waals surface area contributed by atoms with Crippen LogP contribution >= 0.6 is 11.3 Å². The number of halogens is 3. The Balaban J connectivity index is 2.13. The highest BCUT2D eigenvalue weighted by Crippen LogP contribution is 2.21. The number of benzene rings is 1. The van der Waals surface area contributed by atoms with Gasteiger partial charge < -0.3 is 5.32 Å². The van der Waals surface area contributed by atoms with Crippen molar-refractivity contribution in [3.63, 3.8) is 0 Å². The third kappa shape index (κ3) is 2.63. The monoisotopic (exact) mass is 268 g/mol. The van der Waals surface area contributed by atoms with Gasteiger partial charge in [0.15, 0.2) is 11.6 Å². The number of hydrogen-bond acceptors (Lipinski definition) is 3. The topological polar surface area (TPSA) is 35.8 Å². The Bertz CT molecular complexity index is 616. The molecule has 1 N–H and O–H groups in total. The highest BCUT2D eigenvalue weighted by molar-refractivity contribution is 7.10. The first-order valence-corrected chi connectivity index (χ1v) is 5.84. The molecule has 0 aliphatic carbocycles. The van der Waals surface area contributed by atoms with E-state index in [1.54, 1.807) is 11.4 Å². The van der Waals surface area contributed by atoms with Crippen LogP contribution in [-0.2, 0) is 6.54 Å². The van der Waals surface area contributed by atoms with Crippen molar-refractivity contribution in [2.75, 3.05) is 5.32 Å². The summed E-state index contributed by atoms with van der Waals surface area (Å²) in [6.07, 6.45) is 0. The fourth-order valence-corrected chi connectivity index (χ4v) is 2.15. The predicted molar refractivity (Wildman–Crippen MR) is 62.7 cm³/mol. The zero-order valence-corrected chi connectivity index (χ0v) is 9.82. The van der Waals surface area contributed by atoms with Crippen molar-refractivity contribution in [2.45, 2.75) is 6.54 Å². The highest BCUT2D eigenvalue weighted by atomic mass is 32.1. The molecule has 0 unspecified atom stereocenters. The first-order chi connectivity index (χ1) is 8.60. The smallest absolute Gasteiger partial charge is 0.182 e. The lowest BCUT2D eigenvalue weighted by Crippen LogP contribution is -2.02. The van der Waals surface area contributed by atoms with Crippen molar-refractivity contribution in [1.82, 2.24) is 0 Å². The molecule has 0 saturated heterocycles. The molecule has 0 bridgehead atoms. The Kier molecular flexibility index (Phi) is 3.53. The molecular formula is C12H7F3N2S. The summed E-state index contributed by atoms with van der Waals surface area (Å²) in [6, 6.07) is 4.97. The maximum absolute atomic E-state index is 13.3. The summed E-state index contributed by atoms with van der Waals surface area (Å²) < 4.78 is 39.1. The van der Waals surface area contributed by atoms with Gasteiger partial charge in [0.25, 0.3) is 0 Å². The van der Waals surface area contributed by atoms with Crippen LogP contribution in [0.25, 0.3) is 0 Å². The number of anilines is 1. The molecular weight excluding hydrogens is 261 g/mol. The van der Waals surface area contributed by atoms with Crippen molar-refractivity contribution in [2.24, 2.45) is 0 Å². The number of hydrogen-bond donors (Lipinski definition) is 1. The second-order valence-electron chi connectivity index (χ2n) is 3.52. The lowest BCUT2D eigenvalue weighted by Gasteiger charge is -2.06. The van der Waals surface area contributed by atoms with Gasteiger partial charge in [-0.2, -0.15) is 5.26 Å². The lowest BCUT2D eigenvalue weighted by atomic mass is 10.2. The van der Waals surface area contributed by atoms with E-state index >= 15 is 0 Å². The molecule has 92 valence electrons. The number of nitrogens with zero attached hydrogens (tertiary/aromatic N) is 1. The molecule has 2 rings (SSSR count). The van der Waals surface area contributed by atoms with E-state index in [4.69, 9.17) is 5.26 Å². The molecule has 0 amide bonds. The molecule has 0 spiro atoms. The molecule has 0 fully saturated rings. The van der Waals surface area contributed by atoms with Gasteiger partial charge >= 0.3 is 0 Å². The molecule has 6 heteroatoms. The maximum Gasteiger partial charge on any atom is 0.182 e. The number of nitriles is 1. The second-order valence-corrected chi connectivity index (χ2v) is 4.51. The summed E-state index contributed by atoms with van der Waals surface area (Å²) in [5.74, 6) is -3.20. The van der Waals surface area contributed by atoms with Gasteiger partial charge in [0.1, 0.15) is 11.9 Å². The average molecular weight is 268 g/mol. The van der Waals surface area contributed by atoms with Gasteiger partial charge in [0.05, 0.1) is 11.3 Å². The van der Waals surface area contributed by atoms with E-state index in [1.165, 1.54) is 11.3 Å². The van der Waals surface area contributed by atoms with Crippen molar-refractivity contribution in [3.05, 3.63) is 51.5 Å². The maximum atomic E-state index is 13.3. The molecule has 1 aromatic heterocycles. The van der Waals surface area contributed by atoms with Gasteiger partial charge in [-0.05, 0) is 6.07 Å². The summed E-state index contributed by atoms with van der Waals surface area (Å²) in [6.45, 7) is 0.201. The van der Waals surface area contributed by atoms with Crippen molar-refractivity contribution in [3.8, 4) is 6.07 Å². The Hall–Kier alpha value is -2.00. The van der Waals surface area contributed by atoms with Crippen molar-refractivity contribution >= 4 is 17.0 Å². The largest absolute Gasteiger partial charge is 0.378 e. The number of thiophene rings is 1. The van der Waals surface area contributed by atoms with Crippen LogP contribution < -0.4 is 5.32 Å². The molecule has 0 aliphatic rings. The molecule has 2 aromatic rings. The van der Waals surface area contributed by atoms with Gasteiger partial charge in [-0.15, -0.1) is 11.3 Å². The molecule has 0 radical (unpaired) electrons. The van der Waals surface area contributed by atoms with Crippen LogP contribution in [0.4, 0.5) is 18.9 Å². The average Bonchev–Trinajstić information content (AvgIpc) is 2.80. The molecule has 18 heavy (non-hydrogen) atoms. The molecule has 2 nitrogen and oxygen atoms in total. The van der Waals surface area contributed by atoms with Crippen LogP contribution in [0.15, 0.2) is 23.6 Å². The van der Waals surface area contributed by atoms with Crippen molar-refractivity contribution < 1.29 is 13.2 Å². The molecule has 0 atom stereocenters. The quantitative estimate of drug-likeness (QED) is 0.862. The van der Waals surface area contributed by atoms with E-state index in [1.807, 2.05) is 6.07 Å². The summed E-state index contributed by atoms with van der Waals surface area (Å²) in [5.41, 5.74) is 0.266. The molecule has 1 aromatic carbocycles. The van der Waals surface area contributed by atoms with Gasteiger partial charge in [-0.25, -0.2) is 13.2 Å². The molecule has 0 saturated carbocycles. The molecule has 1 heterocycles. The normalized spacial score (nSPS) is 10.1. The fourth-order valence-electron chi connectivity index (χ4n) is 1.40. The van der Waals surface area contributed by atoms with E-state index in [9.17, 15) is 13.2 Å². The zero-order valence-electron chi connectivity index (χ0n) is 9.01. The lowest BCUT2D eigenvalue weighted by molar-refractivity contribution is 0.497. The summed E-state index contributed by atoms with van der Waals surface area (Å²) in [7, 11) is 0. The highest BCUT2D eigenvalue weighted by Gasteiger charge is 2.11. The Labute approximate surface area is 105 Å². The van der Waals surface area contributed by atoms with Crippen LogP contribution in [0.1, 0.15) is 10.4 Å². The number of nitrogens with one attached hydrogen (secondary N) is 1. The number of rotatable bonds is 3. The van der Waals surface area contributed by atoms with Gasteiger partial charge in [0, 0.05) is 28.9 Å². The first-order valence-electron chi connectivity index (χ1n) is 4.96. The first kappa shape index (κ1) is 12.5. The van der Waals surface area contributed by atoms with Crippen LogP contribution in [0.2, 0.25) is 0 Å². The standard InChI is InChI=1S/C12H7F3N2S/c13-8-2-10(14)12(15)11(3-8)17-5-9-1-7(4-16)6-18-9/h1-3,6,17H,5H2. The zero-order chi connectivity index (χ0) is 13.1. The van der Waals surface area contributed by atoms with Crippen molar-refractivity contribution in [1.29, 1.82) is 5.26 Å². The van der Waals surface area contributed by atoms with E-state index in [0.717, 1.165) is 10.9 Å². The minimum absolute atomic E-state index is 0.201. The Morgan fingerprint density at radius 3 is 2.67 bits per heavy atom. The second kappa shape index (κ2) is 5.10. The van der Waals surface area contributed by atoms with E-state index < -0.39 is 17.5 Å². The predicted octanol–water partition coefficient (Wildman–Crippen LogP) is 3.65. The van der Waals surface area contributed by atoms with Crippen LogP contribution in [-0.4, -0.2) is 0 Å². The van der Waals surface area contributed by atoms with E-state index in [2.05, 4.69) is 5.32 Å². The summed E-state index contributed by atoms with van der Waals surface area (Å²) >= 11 is 1.31. The molecule has 0 aliphatic heterocycles. The summed E-state index contributed by atoms with van der Waals surface area (Å²) in [4.78, 5) is 0.774. The van der Waals surface area contributed by atoms with E-state index in [-0.39, 0.29) is 12.2 Å². The summed E-state index contributed by atoms with van der Waals surface area (Å²) in [5, 5.41) is 12.9. The van der Waals surface area contributed by atoms with Crippen LogP contribution in [0.5, 0.6) is 0 Å². The minimum atomic E-state index is -1.23. The van der Waals surface area contributed by atoms with Gasteiger partial charge in [0.2, 0.25) is 0 Å². The van der Waals surface area contributed by atoms with Gasteiger partial charge in [-0.1, -0.05) is 0 Å². The minimum Gasteiger partial charge on any atom is -0.378 e. The third-order valence-electron chi connectivity index (χ3n) is 2.23. The Morgan fingerprint density at radius 1 is 1.22 bits per heavy atom. The van der Waals surface area contributed by atoms with Gasteiger partial charge in [-0.3, -0.25) is 0 Å². The SMILES string of the molecule is N#Cc1csc(CNc2cc(F)cc(F)c2F)c1. The van der Waals surface area contributed by atoms with E-state index in [0.29, 0.717) is 11.6 Å². The Morgan fingerprint density at radius 2 is 2.00 bits per heavy atom. The third-order valence-corrected chi connectivity index (χ3v) is 3.17. The fraction of sp³-hybridized carbons (Fsp3) is 0.0833. The van der Waals surface area contributed by atoms with Crippen LogP contribution in [0.3, 0.4) is 0 Å². The van der Waals surface area contributed by atoms with Crippen LogP contribution in [0, 0.1) is 28.8 Å².